The molecule has 2 aliphatic rings. The average molecular weight is 283 g/mol. The molecule has 0 unspecified atom stereocenters. The lowest BCUT2D eigenvalue weighted by Crippen LogP contribution is -2.22. The Balaban J connectivity index is 1.49. The maximum absolute atomic E-state index is 11.8. The summed E-state index contributed by atoms with van der Waals surface area (Å²) in [5.74, 6) is 1.92. The molecule has 0 saturated heterocycles. The number of aryl methyl sites for hydroxylation is 1. The summed E-state index contributed by atoms with van der Waals surface area (Å²) >= 11 is 0. The van der Waals surface area contributed by atoms with Crippen molar-refractivity contribution < 1.29 is 4.79 Å². The van der Waals surface area contributed by atoms with E-state index in [9.17, 15) is 4.79 Å². The maximum atomic E-state index is 11.8. The van der Waals surface area contributed by atoms with Crippen molar-refractivity contribution in [2.24, 2.45) is 5.92 Å². The van der Waals surface area contributed by atoms with E-state index in [2.05, 4.69) is 40.0 Å². The first-order valence-corrected chi connectivity index (χ1v) is 7.95. The zero-order valence-corrected chi connectivity index (χ0v) is 12.4. The molecule has 0 radical (unpaired) electrons. The van der Waals surface area contributed by atoms with E-state index in [0.29, 0.717) is 24.9 Å². The number of fused-ring (bicyclic) bond motifs is 1. The molecule has 1 aromatic carbocycles. The summed E-state index contributed by atoms with van der Waals surface area (Å²) in [5.41, 5.74) is 3.41. The van der Waals surface area contributed by atoms with Gasteiger partial charge in [0, 0.05) is 19.0 Å². The quantitative estimate of drug-likeness (QED) is 0.916. The highest BCUT2D eigenvalue weighted by Crippen LogP contribution is 2.38. The Bertz CT molecular complexity index is 695. The summed E-state index contributed by atoms with van der Waals surface area (Å²) in [6.45, 7) is 2.69. The highest BCUT2D eigenvalue weighted by atomic mass is 16.1. The molecule has 1 N–H and O–H groups in total. The van der Waals surface area contributed by atoms with Gasteiger partial charge in [0.05, 0.1) is 11.0 Å². The highest BCUT2D eigenvalue weighted by molar-refractivity contribution is 5.78. The molecule has 0 aliphatic heterocycles. The van der Waals surface area contributed by atoms with Crippen LogP contribution in [-0.4, -0.2) is 15.5 Å². The molecule has 21 heavy (non-hydrogen) atoms. The van der Waals surface area contributed by atoms with Gasteiger partial charge >= 0.3 is 0 Å². The first-order valence-electron chi connectivity index (χ1n) is 7.95. The predicted octanol–water partition coefficient (Wildman–Crippen LogP) is 3.10. The second-order valence-corrected chi connectivity index (χ2v) is 6.51. The van der Waals surface area contributed by atoms with Gasteiger partial charge in [-0.05, 0) is 56.2 Å². The number of nitrogens with one attached hydrogen (secondary N) is 1. The van der Waals surface area contributed by atoms with Gasteiger partial charge in [-0.3, -0.25) is 4.79 Å². The van der Waals surface area contributed by atoms with E-state index in [0.717, 1.165) is 16.9 Å². The summed E-state index contributed by atoms with van der Waals surface area (Å²) < 4.78 is 2.35. The van der Waals surface area contributed by atoms with Crippen LogP contribution in [0.25, 0.3) is 11.0 Å². The van der Waals surface area contributed by atoms with Crippen LogP contribution in [0.2, 0.25) is 0 Å². The zero-order chi connectivity index (χ0) is 14.4. The van der Waals surface area contributed by atoms with Gasteiger partial charge in [0.2, 0.25) is 5.91 Å². The fourth-order valence-electron chi connectivity index (χ4n) is 3.03. The van der Waals surface area contributed by atoms with Crippen LogP contribution in [0.4, 0.5) is 0 Å². The first kappa shape index (κ1) is 12.9. The van der Waals surface area contributed by atoms with Crippen molar-refractivity contribution in [3.8, 4) is 0 Å². The summed E-state index contributed by atoms with van der Waals surface area (Å²) in [6.07, 6.45) is 5.67. The van der Waals surface area contributed by atoms with Crippen molar-refractivity contribution in [1.82, 2.24) is 14.9 Å². The Hall–Kier alpha value is -1.84. The lowest BCUT2D eigenvalue weighted by atomic mass is 10.2. The smallest absolute Gasteiger partial charge is 0.220 e. The third-order valence-electron chi connectivity index (χ3n) is 4.50. The highest BCUT2D eigenvalue weighted by Gasteiger charge is 2.27. The van der Waals surface area contributed by atoms with Gasteiger partial charge in [-0.25, -0.2) is 4.98 Å². The van der Waals surface area contributed by atoms with Crippen molar-refractivity contribution in [1.29, 1.82) is 0 Å². The molecule has 4 rings (SSSR count). The van der Waals surface area contributed by atoms with E-state index in [4.69, 9.17) is 0 Å². The van der Waals surface area contributed by atoms with Crippen LogP contribution in [0.1, 0.15) is 49.5 Å². The molecule has 110 valence electrons. The standard InChI is InChI=1S/C17H21N3O/c1-11-19-15-8-13(10-18-17(21)9-12-2-3-12)4-7-16(15)20(11)14-5-6-14/h4,7-8,12,14H,2-3,5-6,9-10H2,1H3,(H,18,21). The van der Waals surface area contributed by atoms with Gasteiger partial charge < -0.3 is 9.88 Å². The predicted molar refractivity (Wildman–Crippen MR) is 81.9 cm³/mol. The number of aromatic nitrogens is 2. The van der Waals surface area contributed by atoms with E-state index >= 15 is 0 Å². The Morgan fingerprint density at radius 2 is 2.14 bits per heavy atom. The third-order valence-corrected chi connectivity index (χ3v) is 4.50. The lowest BCUT2D eigenvalue weighted by Gasteiger charge is -2.06. The van der Waals surface area contributed by atoms with Crippen molar-refractivity contribution in [2.45, 2.75) is 51.6 Å². The summed E-state index contributed by atoms with van der Waals surface area (Å²) in [6, 6.07) is 7.02. The molecule has 4 nitrogen and oxygen atoms in total. The van der Waals surface area contributed by atoms with Gasteiger partial charge in [0.25, 0.3) is 0 Å². The van der Waals surface area contributed by atoms with Crippen LogP contribution in [-0.2, 0) is 11.3 Å². The number of imidazole rings is 1. The Labute approximate surface area is 124 Å². The molecule has 1 aromatic heterocycles. The van der Waals surface area contributed by atoms with Gasteiger partial charge in [0.1, 0.15) is 5.82 Å². The molecule has 1 heterocycles. The largest absolute Gasteiger partial charge is 0.352 e. The van der Waals surface area contributed by atoms with E-state index in [1.165, 1.54) is 31.2 Å². The molecule has 0 spiro atoms. The number of carbonyl (C=O) groups is 1. The number of amides is 1. The fraction of sp³-hybridized carbons (Fsp3) is 0.529. The topological polar surface area (TPSA) is 46.9 Å². The SMILES string of the molecule is Cc1nc2cc(CNC(=O)CC3CC3)ccc2n1C1CC1. The van der Waals surface area contributed by atoms with Crippen molar-refractivity contribution >= 4 is 16.9 Å². The number of benzene rings is 1. The van der Waals surface area contributed by atoms with Crippen LogP contribution in [0, 0.1) is 12.8 Å². The molecule has 2 aliphatic carbocycles. The van der Waals surface area contributed by atoms with Gasteiger partial charge in [0.15, 0.2) is 0 Å². The number of hydrogen-bond acceptors (Lipinski definition) is 2. The van der Waals surface area contributed by atoms with E-state index in [1.807, 2.05) is 0 Å². The van der Waals surface area contributed by atoms with E-state index in [1.54, 1.807) is 0 Å². The fourth-order valence-corrected chi connectivity index (χ4v) is 3.03. The summed E-state index contributed by atoms with van der Waals surface area (Å²) in [7, 11) is 0. The minimum absolute atomic E-state index is 0.178. The minimum atomic E-state index is 0.178. The van der Waals surface area contributed by atoms with Gasteiger partial charge in [-0.1, -0.05) is 6.07 Å². The first-order chi connectivity index (χ1) is 10.2. The molecule has 4 heteroatoms. The van der Waals surface area contributed by atoms with Crippen LogP contribution in [0.15, 0.2) is 18.2 Å². The van der Waals surface area contributed by atoms with E-state index < -0.39 is 0 Å². The number of carbonyl (C=O) groups excluding carboxylic acids is 1. The molecule has 2 aromatic rings. The third kappa shape index (κ3) is 2.67. The lowest BCUT2D eigenvalue weighted by molar-refractivity contribution is -0.121. The number of rotatable bonds is 5. The Kier molecular flexibility index (Phi) is 2.98. The molecule has 2 saturated carbocycles. The van der Waals surface area contributed by atoms with Crippen LogP contribution in [0.5, 0.6) is 0 Å². The van der Waals surface area contributed by atoms with Crippen molar-refractivity contribution in [3.05, 3.63) is 29.6 Å². The van der Waals surface area contributed by atoms with Crippen LogP contribution >= 0.6 is 0 Å². The Morgan fingerprint density at radius 1 is 1.33 bits per heavy atom. The van der Waals surface area contributed by atoms with Crippen LogP contribution < -0.4 is 5.32 Å². The molecule has 2 fully saturated rings. The summed E-state index contributed by atoms with van der Waals surface area (Å²) in [4.78, 5) is 16.4. The van der Waals surface area contributed by atoms with Crippen molar-refractivity contribution in [3.63, 3.8) is 0 Å². The molecular weight excluding hydrogens is 262 g/mol. The zero-order valence-electron chi connectivity index (χ0n) is 12.4. The monoisotopic (exact) mass is 283 g/mol. The average Bonchev–Trinajstić information content (AvgIpc) is 3.36. The Morgan fingerprint density at radius 3 is 2.86 bits per heavy atom. The number of hydrogen-bond donors (Lipinski definition) is 1. The van der Waals surface area contributed by atoms with Gasteiger partial charge in [-0.15, -0.1) is 0 Å². The maximum Gasteiger partial charge on any atom is 0.220 e. The normalized spacial score (nSPS) is 18.1. The van der Waals surface area contributed by atoms with Crippen molar-refractivity contribution in [2.75, 3.05) is 0 Å². The minimum Gasteiger partial charge on any atom is -0.352 e. The summed E-state index contributed by atoms with van der Waals surface area (Å²) in [5, 5.41) is 3.02. The van der Waals surface area contributed by atoms with E-state index in [-0.39, 0.29) is 5.91 Å². The molecule has 1 amide bonds. The van der Waals surface area contributed by atoms with Crippen LogP contribution in [0.3, 0.4) is 0 Å². The molecule has 0 atom stereocenters. The molecule has 0 bridgehead atoms. The van der Waals surface area contributed by atoms with Gasteiger partial charge in [-0.2, -0.15) is 0 Å². The second-order valence-electron chi connectivity index (χ2n) is 6.51. The number of nitrogens with zero attached hydrogens (tertiary/aromatic N) is 2. The second kappa shape index (κ2) is 4.86. The molecular formula is C17H21N3O.